The minimum atomic E-state index is 0.286. The zero-order chi connectivity index (χ0) is 17.4. The standard InChI is InChI=1S/C23H39NO/c1-21(2)19-5-7-22(21,3)15-24(14-19)8-6-20-17-9-16-10-18(20)13-23(11-16,12-17)25-4/h16-20H,5-15H2,1-4H3/t16?,17?,18?,19-,20?,22+,23?/m0/s1. The first-order valence-electron chi connectivity index (χ1n) is 11.1. The maximum absolute atomic E-state index is 6.06. The van der Waals surface area contributed by atoms with E-state index in [4.69, 9.17) is 4.74 Å². The lowest BCUT2D eigenvalue weighted by atomic mass is 9.49. The van der Waals surface area contributed by atoms with Gasteiger partial charge in [0.1, 0.15) is 0 Å². The largest absolute Gasteiger partial charge is 0.378 e. The van der Waals surface area contributed by atoms with Gasteiger partial charge in [0, 0.05) is 20.2 Å². The number of hydrogen-bond donors (Lipinski definition) is 0. The van der Waals surface area contributed by atoms with Crippen LogP contribution < -0.4 is 0 Å². The van der Waals surface area contributed by atoms with Crippen LogP contribution in [0.5, 0.6) is 0 Å². The van der Waals surface area contributed by atoms with Crippen molar-refractivity contribution in [3.05, 3.63) is 0 Å². The summed E-state index contributed by atoms with van der Waals surface area (Å²) < 4.78 is 6.06. The lowest BCUT2D eigenvalue weighted by Gasteiger charge is -2.60. The summed E-state index contributed by atoms with van der Waals surface area (Å²) in [5.41, 5.74) is 1.39. The van der Waals surface area contributed by atoms with E-state index in [0.29, 0.717) is 10.8 Å². The van der Waals surface area contributed by atoms with Crippen molar-refractivity contribution in [2.45, 2.75) is 77.7 Å². The van der Waals surface area contributed by atoms with Crippen LogP contribution in [0.15, 0.2) is 0 Å². The third-order valence-corrected chi connectivity index (χ3v) is 10.3. The van der Waals surface area contributed by atoms with E-state index in [-0.39, 0.29) is 5.60 Å². The number of ether oxygens (including phenoxy) is 1. The molecule has 0 radical (unpaired) electrons. The minimum absolute atomic E-state index is 0.286. The molecule has 6 aliphatic rings. The number of piperidine rings is 1. The fourth-order valence-electron chi connectivity index (χ4n) is 8.42. The first-order valence-corrected chi connectivity index (χ1v) is 11.1. The highest BCUT2D eigenvalue weighted by molar-refractivity contribution is 5.08. The van der Waals surface area contributed by atoms with Crippen molar-refractivity contribution >= 4 is 0 Å². The molecule has 0 spiro atoms. The molecule has 6 bridgehead atoms. The molecular weight excluding hydrogens is 306 g/mol. The van der Waals surface area contributed by atoms with Gasteiger partial charge in [-0.3, -0.25) is 0 Å². The Balaban J connectivity index is 1.23. The molecule has 0 aromatic heterocycles. The summed E-state index contributed by atoms with van der Waals surface area (Å²) in [7, 11) is 1.98. The minimum Gasteiger partial charge on any atom is -0.378 e. The molecule has 6 fully saturated rings. The molecule has 2 nitrogen and oxygen atoms in total. The van der Waals surface area contributed by atoms with Crippen LogP contribution in [0.3, 0.4) is 0 Å². The second-order valence-electron chi connectivity index (χ2n) is 11.6. The summed E-state index contributed by atoms with van der Waals surface area (Å²) in [6.45, 7) is 11.8. The maximum Gasteiger partial charge on any atom is 0.0687 e. The number of methoxy groups -OCH3 is 1. The van der Waals surface area contributed by atoms with Gasteiger partial charge in [-0.25, -0.2) is 0 Å². The number of fused-ring (bicyclic) bond motifs is 2. The summed E-state index contributed by atoms with van der Waals surface area (Å²) in [5, 5.41) is 0. The van der Waals surface area contributed by atoms with Gasteiger partial charge in [-0.05, 0) is 98.3 Å². The van der Waals surface area contributed by atoms with Crippen molar-refractivity contribution in [3.63, 3.8) is 0 Å². The van der Waals surface area contributed by atoms with E-state index in [0.717, 1.165) is 29.6 Å². The lowest BCUT2D eigenvalue weighted by Crippen LogP contribution is -2.56. The molecule has 1 heterocycles. The summed E-state index contributed by atoms with van der Waals surface area (Å²) in [5.74, 6) is 4.86. The summed E-state index contributed by atoms with van der Waals surface area (Å²) in [4.78, 5) is 2.86. The lowest BCUT2D eigenvalue weighted by molar-refractivity contribution is -0.171. The Hall–Kier alpha value is -0.0800. The number of nitrogens with zero attached hydrogens (tertiary/aromatic N) is 1. The summed E-state index contributed by atoms with van der Waals surface area (Å²) in [6.07, 6.45) is 11.5. The van der Waals surface area contributed by atoms with Crippen LogP contribution >= 0.6 is 0 Å². The van der Waals surface area contributed by atoms with Crippen LogP contribution in [0.2, 0.25) is 0 Å². The van der Waals surface area contributed by atoms with Gasteiger partial charge in [-0.2, -0.15) is 0 Å². The van der Waals surface area contributed by atoms with Crippen LogP contribution in [0.1, 0.15) is 72.1 Å². The molecule has 2 heteroatoms. The van der Waals surface area contributed by atoms with Crippen molar-refractivity contribution in [2.75, 3.05) is 26.7 Å². The highest BCUT2D eigenvalue weighted by atomic mass is 16.5. The number of hydrogen-bond acceptors (Lipinski definition) is 2. The zero-order valence-electron chi connectivity index (χ0n) is 17.0. The normalized spacial score (nSPS) is 53.5. The Morgan fingerprint density at radius 1 is 1.04 bits per heavy atom. The van der Waals surface area contributed by atoms with E-state index in [9.17, 15) is 0 Å². The van der Waals surface area contributed by atoms with Gasteiger partial charge in [0.15, 0.2) is 0 Å². The van der Waals surface area contributed by atoms with Gasteiger partial charge in [-0.15, -0.1) is 0 Å². The van der Waals surface area contributed by atoms with Crippen molar-refractivity contribution in [1.82, 2.24) is 4.90 Å². The van der Waals surface area contributed by atoms with E-state index in [1.165, 1.54) is 71.0 Å². The van der Waals surface area contributed by atoms with E-state index in [1.54, 1.807) is 0 Å². The van der Waals surface area contributed by atoms with Crippen LogP contribution in [-0.2, 0) is 4.74 Å². The Morgan fingerprint density at radius 3 is 2.40 bits per heavy atom. The van der Waals surface area contributed by atoms with Crippen LogP contribution in [0, 0.1) is 40.4 Å². The molecule has 0 aromatic rings. The molecule has 0 N–H and O–H groups in total. The zero-order valence-corrected chi connectivity index (χ0v) is 17.0. The monoisotopic (exact) mass is 345 g/mol. The maximum atomic E-state index is 6.06. The van der Waals surface area contributed by atoms with Gasteiger partial charge < -0.3 is 9.64 Å². The number of likely N-dealkylation sites (tertiary alicyclic amines) is 1. The first kappa shape index (κ1) is 17.0. The Kier molecular flexibility index (Phi) is 3.73. The molecule has 0 amide bonds. The van der Waals surface area contributed by atoms with Crippen molar-refractivity contribution in [1.29, 1.82) is 0 Å². The predicted octanol–water partition coefficient (Wildman–Crippen LogP) is 4.98. The molecule has 142 valence electrons. The molecule has 2 unspecified atom stereocenters. The molecule has 1 aliphatic heterocycles. The summed E-state index contributed by atoms with van der Waals surface area (Å²) >= 11 is 0. The van der Waals surface area contributed by atoms with Crippen LogP contribution in [0.4, 0.5) is 0 Å². The second kappa shape index (κ2) is 5.47. The van der Waals surface area contributed by atoms with Gasteiger partial charge in [0.05, 0.1) is 5.60 Å². The molecule has 25 heavy (non-hydrogen) atoms. The predicted molar refractivity (Wildman–Crippen MR) is 102 cm³/mol. The third-order valence-electron chi connectivity index (χ3n) is 10.3. The fourth-order valence-corrected chi connectivity index (χ4v) is 8.42. The van der Waals surface area contributed by atoms with E-state index in [1.807, 2.05) is 7.11 Å². The smallest absolute Gasteiger partial charge is 0.0687 e. The molecule has 0 aromatic carbocycles. The Labute approximate surface area is 155 Å². The van der Waals surface area contributed by atoms with Crippen molar-refractivity contribution < 1.29 is 4.74 Å². The molecule has 6 rings (SSSR count). The first-order chi connectivity index (χ1) is 11.8. The third kappa shape index (κ3) is 2.42. The van der Waals surface area contributed by atoms with Gasteiger partial charge in [0.25, 0.3) is 0 Å². The Morgan fingerprint density at radius 2 is 1.76 bits per heavy atom. The summed E-state index contributed by atoms with van der Waals surface area (Å²) in [6, 6.07) is 0. The van der Waals surface area contributed by atoms with Crippen LogP contribution in [0.25, 0.3) is 0 Å². The number of rotatable bonds is 4. The fraction of sp³-hybridized carbons (Fsp3) is 1.00. The SMILES string of the molecule is COC12CC3CC(C1)C(CCN1C[C@@H]4CC[C@](C)(C1)C4(C)C)C(C3)C2. The molecule has 5 saturated carbocycles. The van der Waals surface area contributed by atoms with E-state index >= 15 is 0 Å². The van der Waals surface area contributed by atoms with E-state index in [2.05, 4.69) is 25.7 Å². The highest BCUT2D eigenvalue weighted by Crippen LogP contribution is 2.61. The van der Waals surface area contributed by atoms with Crippen molar-refractivity contribution in [3.8, 4) is 0 Å². The van der Waals surface area contributed by atoms with Crippen molar-refractivity contribution in [2.24, 2.45) is 40.4 Å². The van der Waals surface area contributed by atoms with Gasteiger partial charge in [-0.1, -0.05) is 20.8 Å². The average molecular weight is 346 g/mol. The van der Waals surface area contributed by atoms with Crippen LogP contribution in [-0.4, -0.2) is 37.2 Å². The van der Waals surface area contributed by atoms with Gasteiger partial charge in [0.2, 0.25) is 0 Å². The van der Waals surface area contributed by atoms with E-state index < -0.39 is 0 Å². The Bertz CT molecular complexity index is 526. The quantitative estimate of drug-likeness (QED) is 0.713. The average Bonchev–Trinajstić information content (AvgIpc) is 2.70. The molecule has 1 saturated heterocycles. The second-order valence-corrected chi connectivity index (χ2v) is 11.6. The molecular formula is C23H39NO. The topological polar surface area (TPSA) is 12.5 Å². The molecule has 4 atom stereocenters. The molecule has 5 aliphatic carbocycles. The highest BCUT2D eigenvalue weighted by Gasteiger charge is 2.57. The van der Waals surface area contributed by atoms with Gasteiger partial charge >= 0.3 is 0 Å².